The smallest absolute Gasteiger partial charge is 0.274 e. The van der Waals surface area contributed by atoms with E-state index in [1.165, 1.54) is 18.2 Å². The van der Waals surface area contributed by atoms with E-state index < -0.39 is 5.91 Å². The molecule has 0 bridgehead atoms. The summed E-state index contributed by atoms with van der Waals surface area (Å²) in [5.74, 6) is 2.09. The Morgan fingerprint density at radius 3 is 1.90 bits per heavy atom. The normalized spacial score (nSPS) is 10.8. The van der Waals surface area contributed by atoms with Crippen LogP contribution in [-0.4, -0.2) is 49.1 Å². The van der Waals surface area contributed by atoms with E-state index >= 15 is 0 Å². The highest BCUT2D eigenvalue weighted by Gasteiger charge is 2.15. The number of nitrogens with one attached hydrogen (secondary N) is 2. The first-order chi connectivity index (χ1) is 19.4. The molecule has 0 spiro atoms. The molecule has 0 saturated carbocycles. The van der Waals surface area contributed by atoms with Crippen molar-refractivity contribution in [2.75, 3.05) is 39.1 Å². The highest BCUT2D eigenvalue weighted by atomic mass is 19.1. The number of hydrogen-bond donors (Lipinski definition) is 2. The van der Waals surface area contributed by atoms with Crippen molar-refractivity contribution in [3.8, 4) is 23.0 Å². The maximum atomic E-state index is 13.2. The van der Waals surface area contributed by atoms with E-state index in [-0.39, 0.29) is 17.7 Å². The molecule has 1 aromatic heterocycles. The Morgan fingerprint density at radius 2 is 1.35 bits per heavy atom. The van der Waals surface area contributed by atoms with Gasteiger partial charge >= 0.3 is 0 Å². The fourth-order valence-corrected chi connectivity index (χ4v) is 3.81. The van der Waals surface area contributed by atoms with Crippen LogP contribution in [0.2, 0.25) is 0 Å². The lowest BCUT2D eigenvalue weighted by atomic mass is 10.2. The fraction of sp³-hybridized carbons (Fsp3) is 0.207. The van der Waals surface area contributed by atoms with Crippen LogP contribution in [0.3, 0.4) is 0 Å². The Bertz CT molecular complexity index is 1490. The first-order valence-corrected chi connectivity index (χ1v) is 12.3. The molecule has 40 heavy (non-hydrogen) atoms. The van der Waals surface area contributed by atoms with Gasteiger partial charge in [0.15, 0.2) is 23.0 Å². The first-order valence-electron chi connectivity index (χ1n) is 12.3. The molecule has 0 aliphatic rings. The Hall–Kier alpha value is -5.06. The molecule has 0 saturated heterocycles. The second kappa shape index (κ2) is 13.1. The molecular weight excluding hydrogens is 517 g/mol. The monoisotopic (exact) mass is 547 g/mol. The lowest BCUT2D eigenvalue weighted by Gasteiger charge is -2.10. The van der Waals surface area contributed by atoms with Crippen LogP contribution in [0.15, 0.2) is 66.7 Å². The standard InChI is InChI=1S/C29H30FN5O5/c1-37-23-12-7-20(15-25(23)39-3)17-31-28-33-29(32-18-21-8-13-24(38-2)26(16-21)40-4)35(34-28)27(36)14-9-19-5-10-22(30)11-6-19/h5-16H,17-18H2,1-4H3,(H2,31,32,33,34)/b14-9+. The molecule has 0 aliphatic carbocycles. The van der Waals surface area contributed by atoms with Crippen LogP contribution in [0, 0.1) is 5.82 Å². The molecule has 3 aromatic carbocycles. The van der Waals surface area contributed by atoms with Gasteiger partial charge in [-0.05, 0) is 59.2 Å². The summed E-state index contributed by atoms with van der Waals surface area (Å²) >= 11 is 0. The zero-order valence-electron chi connectivity index (χ0n) is 22.6. The molecule has 4 aromatic rings. The van der Waals surface area contributed by atoms with Gasteiger partial charge < -0.3 is 29.6 Å². The van der Waals surface area contributed by atoms with E-state index in [0.29, 0.717) is 41.7 Å². The summed E-state index contributed by atoms with van der Waals surface area (Å²) in [4.78, 5) is 17.6. The number of allylic oxidation sites excluding steroid dienone is 1. The zero-order valence-corrected chi connectivity index (χ0v) is 22.6. The third kappa shape index (κ3) is 6.87. The molecule has 0 amide bonds. The number of aromatic nitrogens is 3. The van der Waals surface area contributed by atoms with Crippen molar-refractivity contribution >= 4 is 23.9 Å². The maximum Gasteiger partial charge on any atom is 0.274 e. The van der Waals surface area contributed by atoms with Gasteiger partial charge in [0.1, 0.15) is 5.82 Å². The summed E-state index contributed by atoms with van der Waals surface area (Å²) in [7, 11) is 6.28. The summed E-state index contributed by atoms with van der Waals surface area (Å²) in [6, 6.07) is 16.8. The third-order valence-corrected chi connectivity index (χ3v) is 5.90. The van der Waals surface area contributed by atoms with Crippen LogP contribution in [0.5, 0.6) is 23.0 Å². The Labute approximate surface area is 231 Å². The molecule has 0 aliphatic heterocycles. The van der Waals surface area contributed by atoms with Crippen LogP contribution in [0.1, 0.15) is 21.5 Å². The average molecular weight is 548 g/mol. The highest BCUT2D eigenvalue weighted by molar-refractivity contribution is 5.94. The van der Waals surface area contributed by atoms with Gasteiger partial charge in [-0.3, -0.25) is 4.79 Å². The molecule has 10 nitrogen and oxygen atoms in total. The number of halogens is 1. The quantitative estimate of drug-likeness (QED) is 0.236. The largest absolute Gasteiger partial charge is 0.493 e. The average Bonchev–Trinajstić information content (AvgIpc) is 3.41. The summed E-state index contributed by atoms with van der Waals surface area (Å²) in [5.41, 5.74) is 2.44. The minimum Gasteiger partial charge on any atom is -0.493 e. The summed E-state index contributed by atoms with van der Waals surface area (Å²) in [6.07, 6.45) is 2.93. The van der Waals surface area contributed by atoms with Gasteiger partial charge in [0.25, 0.3) is 5.91 Å². The number of hydrogen-bond acceptors (Lipinski definition) is 9. The molecule has 0 radical (unpaired) electrons. The predicted molar refractivity (Wildman–Crippen MR) is 150 cm³/mol. The lowest BCUT2D eigenvalue weighted by Crippen LogP contribution is -2.14. The molecule has 11 heteroatoms. The number of rotatable bonds is 12. The van der Waals surface area contributed by atoms with E-state index in [1.807, 2.05) is 30.3 Å². The summed E-state index contributed by atoms with van der Waals surface area (Å²) in [5, 5.41) is 10.7. The van der Waals surface area contributed by atoms with Crippen molar-refractivity contribution in [1.29, 1.82) is 0 Å². The second-order valence-electron chi connectivity index (χ2n) is 8.48. The third-order valence-electron chi connectivity index (χ3n) is 5.90. The lowest BCUT2D eigenvalue weighted by molar-refractivity contribution is 0.0957. The van der Waals surface area contributed by atoms with Gasteiger partial charge in [0, 0.05) is 19.2 Å². The Kier molecular flexibility index (Phi) is 9.19. The van der Waals surface area contributed by atoms with Crippen molar-refractivity contribution in [1.82, 2.24) is 14.8 Å². The topological polar surface area (TPSA) is 109 Å². The van der Waals surface area contributed by atoms with Gasteiger partial charge in [-0.2, -0.15) is 9.67 Å². The number of benzene rings is 3. The minimum atomic E-state index is -0.439. The van der Waals surface area contributed by atoms with Crippen molar-refractivity contribution in [3.05, 3.63) is 89.2 Å². The van der Waals surface area contributed by atoms with Gasteiger partial charge in [-0.25, -0.2) is 4.39 Å². The van der Waals surface area contributed by atoms with Gasteiger partial charge in [-0.1, -0.05) is 24.3 Å². The molecule has 1 heterocycles. The van der Waals surface area contributed by atoms with Crippen molar-refractivity contribution in [3.63, 3.8) is 0 Å². The molecule has 0 atom stereocenters. The first kappa shape index (κ1) is 28.0. The molecular formula is C29H30FN5O5. The zero-order chi connectivity index (χ0) is 28.5. The predicted octanol–water partition coefficient (Wildman–Crippen LogP) is 5.03. The van der Waals surface area contributed by atoms with E-state index in [1.54, 1.807) is 52.7 Å². The minimum absolute atomic E-state index is 0.235. The second-order valence-corrected chi connectivity index (χ2v) is 8.48. The van der Waals surface area contributed by atoms with Crippen LogP contribution in [0.25, 0.3) is 6.08 Å². The molecule has 2 N–H and O–H groups in total. The summed E-state index contributed by atoms with van der Waals surface area (Å²) in [6.45, 7) is 0.711. The van der Waals surface area contributed by atoms with Crippen molar-refractivity contribution in [2.24, 2.45) is 0 Å². The van der Waals surface area contributed by atoms with Crippen molar-refractivity contribution in [2.45, 2.75) is 13.1 Å². The van der Waals surface area contributed by atoms with E-state index in [0.717, 1.165) is 15.8 Å². The molecule has 4 rings (SSSR count). The van der Waals surface area contributed by atoms with Crippen LogP contribution in [-0.2, 0) is 13.1 Å². The number of ether oxygens (including phenoxy) is 4. The van der Waals surface area contributed by atoms with E-state index in [4.69, 9.17) is 18.9 Å². The fourth-order valence-electron chi connectivity index (χ4n) is 3.81. The number of carbonyl (C=O) groups excluding carboxylic acids is 1. The maximum absolute atomic E-state index is 13.2. The number of methoxy groups -OCH3 is 4. The van der Waals surface area contributed by atoms with Crippen LogP contribution < -0.4 is 29.6 Å². The molecule has 208 valence electrons. The van der Waals surface area contributed by atoms with Crippen LogP contribution in [0.4, 0.5) is 16.3 Å². The van der Waals surface area contributed by atoms with Gasteiger partial charge in [-0.15, -0.1) is 5.10 Å². The van der Waals surface area contributed by atoms with Crippen LogP contribution >= 0.6 is 0 Å². The highest BCUT2D eigenvalue weighted by Crippen LogP contribution is 2.29. The number of anilines is 2. The summed E-state index contributed by atoms with van der Waals surface area (Å²) < 4.78 is 35.7. The van der Waals surface area contributed by atoms with Gasteiger partial charge in [0.05, 0.1) is 28.4 Å². The molecule has 0 unspecified atom stereocenters. The Morgan fingerprint density at radius 1 is 0.800 bits per heavy atom. The number of carbonyl (C=O) groups is 1. The Balaban J connectivity index is 1.55. The number of nitrogens with zero attached hydrogens (tertiary/aromatic N) is 3. The SMILES string of the molecule is COc1ccc(CNc2nc(NCc3ccc(OC)c(OC)c3)n(C(=O)/C=C/c3ccc(F)cc3)n2)cc1OC. The van der Waals surface area contributed by atoms with Crippen molar-refractivity contribution < 1.29 is 28.1 Å². The molecule has 0 fully saturated rings. The van der Waals surface area contributed by atoms with Gasteiger partial charge in [0.2, 0.25) is 11.9 Å². The van der Waals surface area contributed by atoms with E-state index in [2.05, 4.69) is 20.7 Å². The van der Waals surface area contributed by atoms with E-state index in [9.17, 15) is 9.18 Å².